The number of piperidine rings is 2. The van der Waals surface area contributed by atoms with Gasteiger partial charge in [-0.15, -0.1) is 0 Å². The zero-order chi connectivity index (χ0) is 26.0. The first-order valence-electron chi connectivity index (χ1n) is 11.5. The lowest BCUT2D eigenvalue weighted by atomic mass is 10.0. The molecular weight excluding hydrogens is 479 g/mol. The lowest BCUT2D eigenvalue weighted by Gasteiger charge is -2.37. The molecule has 0 aliphatic carbocycles. The average molecular weight is 510 g/mol. The van der Waals surface area contributed by atoms with E-state index in [1.807, 2.05) is 9.80 Å². The molecule has 2 aliphatic rings. The predicted octanol–water partition coefficient (Wildman–Crippen LogP) is -0.155. The van der Waals surface area contributed by atoms with E-state index in [1.54, 1.807) is 5.32 Å². The van der Waals surface area contributed by atoms with Gasteiger partial charge in [-0.3, -0.25) is 4.79 Å². The Bertz CT molecular complexity index is 1000. The fraction of sp³-hybridized carbons (Fsp3) is 0.524. The van der Waals surface area contributed by atoms with Crippen molar-refractivity contribution in [3.05, 3.63) is 24.3 Å². The highest BCUT2D eigenvalue weighted by atomic mass is 19.4. The van der Waals surface area contributed by atoms with Crippen LogP contribution in [0.2, 0.25) is 0 Å². The van der Waals surface area contributed by atoms with E-state index in [2.05, 4.69) is 20.3 Å². The fourth-order valence-electron chi connectivity index (χ4n) is 4.34. The molecule has 0 radical (unpaired) electrons. The molecule has 1 amide bonds. The quantitative estimate of drug-likeness (QED) is 0.314. The SMILES string of the molecule is N[C@@H]1C[C@H](N)CN(c2nc(Nc3ccc(NC(=O)C(F)(F)F)cc3)nc(N3C[C@H](N)C[C@H](N)C3)n2)C1. The van der Waals surface area contributed by atoms with Gasteiger partial charge in [-0.1, -0.05) is 0 Å². The van der Waals surface area contributed by atoms with Gasteiger partial charge in [-0.2, -0.15) is 28.1 Å². The number of aromatic nitrogens is 3. The highest BCUT2D eigenvalue weighted by Crippen LogP contribution is 2.25. The van der Waals surface area contributed by atoms with Gasteiger partial charge in [0.2, 0.25) is 17.8 Å². The maximum Gasteiger partial charge on any atom is 0.471 e. The number of nitrogens with two attached hydrogens (primary N) is 4. The van der Waals surface area contributed by atoms with E-state index in [1.165, 1.54) is 24.3 Å². The molecule has 0 spiro atoms. The molecule has 1 aromatic carbocycles. The minimum Gasteiger partial charge on any atom is -0.338 e. The molecule has 196 valence electrons. The largest absolute Gasteiger partial charge is 0.471 e. The van der Waals surface area contributed by atoms with Crippen LogP contribution in [-0.2, 0) is 4.79 Å². The second-order valence-electron chi connectivity index (χ2n) is 9.23. The van der Waals surface area contributed by atoms with Crippen molar-refractivity contribution in [2.45, 2.75) is 43.2 Å². The van der Waals surface area contributed by atoms with E-state index in [4.69, 9.17) is 22.9 Å². The second kappa shape index (κ2) is 10.4. The Kier molecular flexibility index (Phi) is 7.44. The van der Waals surface area contributed by atoms with Crippen LogP contribution in [0.3, 0.4) is 0 Å². The zero-order valence-electron chi connectivity index (χ0n) is 19.4. The number of halogens is 3. The molecule has 12 nitrogen and oxygen atoms in total. The minimum absolute atomic E-state index is 0.00696. The summed E-state index contributed by atoms with van der Waals surface area (Å²) in [6, 6.07) is 5.11. The summed E-state index contributed by atoms with van der Waals surface area (Å²) >= 11 is 0. The number of hydrogen-bond donors (Lipinski definition) is 6. The van der Waals surface area contributed by atoms with Crippen LogP contribution in [0.1, 0.15) is 12.8 Å². The molecule has 4 atom stereocenters. The number of hydrogen-bond acceptors (Lipinski definition) is 11. The molecule has 0 unspecified atom stereocenters. The highest BCUT2D eigenvalue weighted by Gasteiger charge is 2.38. The van der Waals surface area contributed by atoms with Crippen LogP contribution < -0.4 is 43.4 Å². The number of benzene rings is 1. The summed E-state index contributed by atoms with van der Waals surface area (Å²) in [6.45, 7) is 2.07. The van der Waals surface area contributed by atoms with Crippen molar-refractivity contribution in [2.75, 3.05) is 46.6 Å². The van der Waals surface area contributed by atoms with E-state index in [0.29, 0.717) is 56.6 Å². The first kappa shape index (κ1) is 25.8. The topological polar surface area (TPSA) is 190 Å². The van der Waals surface area contributed by atoms with Gasteiger partial charge in [0, 0.05) is 61.7 Å². The number of carbonyl (C=O) groups excluding carboxylic acids is 1. The first-order chi connectivity index (χ1) is 17.0. The van der Waals surface area contributed by atoms with Crippen molar-refractivity contribution >= 4 is 35.1 Å². The number of carbonyl (C=O) groups is 1. The first-order valence-corrected chi connectivity index (χ1v) is 11.5. The Morgan fingerprint density at radius 1 is 0.778 bits per heavy atom. The number of nitrogens with zero attached hydrogens (tertiary/aromatic N) is 5. The van der Waals surface area contributed by atoms with Gasteiger partial charge in [-0.25, -0.2) is 0 Å². The van der Waals surface area contributed by atoms with Crippen molar-refractivity contribution in [1.29, 1.82) is 0 Å². The second-order valence-corrected chi connectivity index (χ2v) is 9.23. The van der Waals surface area contributed by atoms with E-state index >= 15 is 0 Å². The third kappa shape index (κ3) is 6.48. The van der Waals surface area contributed by atoms with Crippen molar-refractivity contribution in [1.82, 2.24) is 15.0 Å². The van der Waals surface area contributed by atoms with E-state index in [9.17, 15) is 18.0 Å². The van der Waals surface area contributed by atoms with Crippen molar-refractivity contribution in [2.24, 2.45) is 22.9 Å². The molecule has 36 heavy (non-hydrogen) atoms. The summed E-state index contributed by atoms with van der Waals surface area (Å²) in [7, 11) is 0. The number of anilines is 5. The zero-order valence-corrected chi connectivity index (χ0v) is 19.4. The number of nitrogens with one attached hydrogen (secondary N) is 2. The molecular formula is C21H30F3N11O. The van der Waals surface area contributed by atoms with Gasteiger partial charge in [0.15, 0.2) is 0 Å². The molecule has 1 aromatic heterocycles. The molecule has 0 bridgehead atoms. The fourth-order valence-corrected chi connectivity index (χ4v) is 4.34. The Morgan fingerprint density at radius 3 is 1.61 bits per heavy atom. The van der Waals surface area contributed by atoms with E-state index in [-0.39, 0.29) is 35.8 Å². The van der Waals surface area contributed by atoms with Crippen LogP contribution in [0.5, 0.6) is 0 Å². The third-order valence-corrected chi connectivity index (χ3v) is 5.86. The smallest absolute Gasteiger partial charge is 0.338 e. The molecule has 2 aromatic rings. The standard InChI is InChI=1S/C21H30F3N11O/c22-21(23,24)17(36)29-15-1-3-16(4-2-15)30-18-31-19(34-7-11(25)5-12(26)8-34)33-20(32-18)35-9-13(27)6-14(28)10-35/h1-4,11-14H,5-10,25-28H2,(H,29,36)(H,30,31,32,33)/t11-,12+,13-,14+. The number of alkyl halides is 3. The van der Waals surface area contributed by atoms with E-state index < -0.39 is 12.1 Å². The minimum atomic E-state index is -4.98. The van der Waals surface area contributed by atoms with Crippen molar-refractivity contribution < 1.29 is 18.0 Å². The van der Waals surface area contributed by atoms with Gasteiger partial charge in [0.1, 0.15) is 0 Å². The molecule has 10 N–H and O–H groups in total. The van der Waals surface area contributed by atoms with E-state index in [0.717, 1.165) is 0 Å². The Labute approximate surface area is 205 Å². The molecule has 3 heterocycles. The number of rotatable bonds is 5. The maximum atomic E-state index is 12.5. The van der Waals surface area contributed by atoms with Crippen LogP contribution in [0, 0.1) is 0 Å². The summed E-state index contributed by atoms with van der Waals surface area (Å²) in [4.78, 5) is 28.7. The molecule has 15 heteroatoms. The molecule has 2 fully saturated rings. The lowest BCUT2D eigenvalue weighted by Crippen LogP contribution is -2.54. The van der Waals surface area contributed by atoms with Crippen LogP contribution in [0.4, 0.5) is 42.4 Å². The van der Waals surface area contributed by atoms with Crippen LogP contribution in [0.25, 0.3) is 0 Å². The molecule has 4 rings (SSSR count). The summed E-state index contributed by atoms with van der Waals surface area (Å²) in [5, 5.41) is 4.84. The molecule has 0 saturated carbocycles. The monoisotopic (exact) mass is 509 g/mol. The Hall–Kier alpha value is -3.27. The summed E-state index contributed by atoms with van der Waals surface area (Å²) in [6.07, 6.45) is -3.60. The predicted molar refractivity (Wildman–Crippen MR) is 130 cm³/mol. The van der Waals surface area contributed by atoms with Crippen LogP contribution in [0.15, 0.2) is 24.3 Å². The Morgan fingerprint density at radius 2 is 1.19 bits per heavy atom. The molecule has 2 saturated heterocycles. The maximum absolute atomic E-state index is 12.5. The van der Waals surface area contributed by atoms with Crippen LogP contribution >= 0.6 is 0 Å². The number of amides is 1. The summed E-state index contributed by atoms with van der Waals surface area (Å²) in [5.41, 5.74) is 25.1. The van der Waals surface area contributed by atoms with Crippen molar-refractivity contribution in [3.63, 3.8) is 0 Å². The summed E-state index contributed by atoms with van der Waals surface area (Å²) < 4.78 is 37.5. The average Bonchev–Trinajstić information content (AvgIpc) is 2.78. The van der Waals surface area contributed by atoms with Gasteiger partial charge in [-0.05, 0) is 37.1 Å². The highest BCUT2D eigenvalue weighted by molar-refractivity contribution is 5.95. The van der Waals surface area contributed by atoms with Gasteiger partial charge in [0.25, 0.3) is 0 Å². The summed E-state index contributed by atoms with van der Waals surface area (Å²) in [5.74, 6) is -1.07. The van der Waals surface area contributed by atoms with Crippen molar-refractivity contribution in [3.8, 4) is 0 Å². The molecule has 2 aliphatic heterocycles. The van der Waals surface area contributed by atoms with Gasteiger partial charge >= 0.3 is 12.1 Å². The van der Waals surface area contributed by atoms with Crippen LogP contribution in [-0.4, -0.2) is 77.4 Å². The third-order valence-electron chi connectivity index (χ3n) is 5.86. The normalized spacial score (nSPS) is 25.0. The lowest BCUT2D eigenvalue weighted by molar-refractivity contribution is -0.167. The van der Waals surface area contributed by atoms with Gasteiger partial charge < -0.3 is 43.4 Å². The Balaban J connectivity index is 1.59. The van der Waals surface area contributed by atoms with Gasteiger partial charge in [0.05, 0.1) is 0 Å².